The summed E-state index contributed by atoms with van der Waals surface area (Å²) in [6.07, 6.45) is -5.08. The number of aliphatic carboxylic acids is 1. The SMILES string of the molecule is CNC(C(=O)OCc1ccccc1)C(C)(C)c1ccc(C(=O)O)cc1.O=C(O)C(F)(F)F. The average Bonchev–Trinajstić information content (AvgIpc) is 2.73. The van der Waals surface area contributed by atoms with Gasteiger partial charge in [0.25, 0.3) is 0 Å². The average molecular weight is 455 g/mol. The molecule has 0 spiro atoms. The molecule has 10 heteroatoms. The molecule has 0 fully saturated rings. The molecule has 0 aliphatic carbocycles. The van der Waals surface area contributed by atoms with Crippen molar-refractivity contribution >= 4 is 17.9 Å². The van der Waals surface area contributed by atoms with E-state index in [-0.39, 0.29) is 18.1 Å². The first-order chi connectivity index (χ1) is 14.8. The smallest absolute Gasteiger partial charge is 0.478 e. The molecule has 1 unspecified atom stereocenters. The fourth-order valence-corrected chi connectivity index (χ4v) is 2.79. The first kappa shape index (κ1) is 26.6. The quantitative estimate of drug-likeness (QED) is 0.547. The number of benzene rings is 2. The van der Waals surface area contributed by atoms with E-state index in [1.54, 1.807) is 31.3 Å². The number of alkyl halides is 3. The van der Waals surface area contributed by atoms with Gasteiger partial charge in [0.2, 0.25) is 0 Å². The highest BCUT2D eigenvalue weighted by Gasteiger charge is 2.38. The summed E-state index contributed by atoms with van der Waals surface area (Å²) in [5.74, 6) is -4.08. The molecule has 32 heavy (non-hydrogen) atoms. The third-order valence-corrected chi connectivity index (χ3v) is 4.59. The molecule has 0 radical (unpaired) electrons. The number of nitrogens with one attached hydrogen (secondary N) is 1. The van der Waals surface area contributed by atoms with Crippen molar-refractivity contribution in [3.63, 3.8) is 0 Å². The minimum Gasteiger partial charge on any atom is -0.478 e. The summed E-state index contributed by atoms with van der Waals surface area (Å²) in [6, 6.07) is 15.5. The number of esters is 1. The summed E-state index contributed by atoms with van der Waals surface area (Å²) in [6.45, 7) is 4.06. The Labute approximate surface area is 182 Å². The molecule has 0 aliphatic rings. The Morgan fingerprint density at radius 3 is 1.88 bits per heavy atom. The van der Waals surface area contributed by atoms with Gasteiger partial charge in [-0.25, -0.2) is 9.59 Å². The monoisotopic (exact) mass is 455 g/mol. The van der Waals surface area contributed by atoms with Crippen LogP contribution in [0.15, 0.2) is 54.6 Å². The molecule has 0 bridgehead atoms. The van der Waals surface area contributed by atoms with Gasteiger partial charge in [0, 0.05) is 5.41 Å². The zero-order valence-electron chi connectivity index (χ0n) is 17.6. The largest absolute Gasteiger partial charge is 0.490 e. The maximum Gasteiger partial charge on any atom is 0.490 e. The number of carboxylic acid groups (broad SMARTS) is 2. The van der Waals surface area contributed by atoms with Crippen molar-refractivity contribution in [1.82, 2.24) is 5.32 Å². The molecule has 2 aromatic carbocycles. The van der Waals surface area contributed by atoms with Crippen LogP contribution in [0.5, 0.6) is 0 Å². The lowest BCUT2D eigenvalue weighted by atomic mass is 9.77. The highest BCUT2D eigenvalue weighted by Crippen LogP contribution is 2.28. The lowest BCUT2D eigenvalue weighted by Crippen LogP contribution is -2.49. The number of carbonyl (C=O) groups excluding carboxylic acids is 1. The summed E-state index contributed by atoms with van der Waals surface area (Å²) in [5.41, 5.74) is 1.43. The first-order valence-electron chi connectivity index (χ1n) is 9.32. The number of aromatic carboxylic acids is 1. The molecule has 3 N–H and O–H groups in total. The molecule has 0 aliphatic heterocycles. The maximum absolute atomic E-state index is 12.6. The van der Waals surface area contributed by atoms with Crippen LogP contribution in [0.25, 0.3) is 0 Å². The predicted molar refractivity (Wildman–Crippen MR) is 109 cm³/mol. The molecule has 0 aromatic heterocycles. The van der Waals surface area contributed by atoms with Gasteiger partial charge in [0.15, 0.2) is 0 Å². The second-order valence-electron chi connectivity index (χ2n) is 7.22. The van der Waals surface area contributed by atoms with Crippen LogP contribution in [-0.2, 0) is 26.3 Å². The van der Waals surface area contributed by atoms with Crippen molar-refractivity contribution < 1.29 is 42.5 Å². The summed E-state index contributed by atoms with van der Waals surface area (Å²) >= 11 is 0. The maximum atomic E-state index is 12.6. The Kier molecular flexibility index (Phi) is 9.39. The van der Waals surface area contributed by atoms with Gasteiger partial charge in [-0.15, -0.1) is 0 Å². The van der Waals surface area contributed by atoms with E-state index < -0.39 is 29.6 Å². The molecule has 0 amide bonds. The van der Waals surface area contributed by atoms with Crippen LogP contribution < -0.4 is 5.32 Å². The highest BCUT2D eigenvalue weighted by molar-refractivity contribution is 5.87. The van der Waals surface area contributed by atoms with Crippen LogP contribution in [-0.4, -0.2) is 47.4 Å². The van der Waals surface area contributed by atoms with Crippen LogP contribution in [0.3, 0.4) is 0 Å². The van der Waals surface area contributed by atoms with Crippen molar-refractivity contribution in [2.75, 3.05) is 7.05 Å². The van der Waals surface area contributed by atoms with Gasteiger partial charge in [-0.1, -0.05) is 56.3 Å². The van der Waals surface area contributed by atoms with Gasteiger partial charge in [-0.2, -0.15) is 13.2 Å². The summed E-state index contributed by atoms with van der Waals surface area (Å²) < 4.78 is 37.2. The Balaban J connectivity index is 0.000000633. The highest BCUT2D eigenvalue weighted by atomic mass is 19.4. The normalized spacial score (nSPS) is 12.2. The Bertz CT molecular complexity index is 912. The molecule has 1 atom stereocenters. The second kappa shape index (κ2) is 11.3. The minimum absolute atomic E-state index is 0.214. The van der Waals surface area contributed by atoms with E-state index in [4.69, 9.17) is 19.7 Å². The Morgan fingerprint density at radius 2 is 1.47 bits per heavy atom. The van der Waals surface area contributed by atoms with E-state index in [1.165, 1.54) is 0 Å². The zero-order valence-corrected chi connectivity index (χ0v) is 17.6. The van der Waals surface area contributed by atoms with Crippen molar-refractivity contribution in [1.29, 1.82) is 0 Å². The lowest BCUT2D eigenvalue weighted by Gasteiger charge is -2.33. The van der Waals surface area contributed by atoms with Crippen molar-refractivity contribution in [3.8, 4) is 0 Å². The van der Waals surface area contributed by atoms with Gasteiger partial charge >= 0.3 is 24.1 Å². The number of hydrogen-bond acceptors (Lipinski definition) is 5. The number of halogens is 3. The van der Waals surface area contributed by atoms with E-state index in [1.807, 2.05) is 44.2 Å². The van der Waals surface area contributed by atoms with Gasteiger partial charge in [0.1, 0.15) is 12.6 Å². The number of ether oxygens (including phenoxy) is 1. The van der Waals surface area contributed by atoms with E-state index in [9.17, 15) is 22.8 Å². The number of likely N-dealkylation sites (N-methyl/N-ethyl adjacent to an activating group) is 1. The lowest BCUT2D eigenvalue weighted by molar-refractivity contribution is -0.192. The molecule has 0 heterocycles. The van der Waals surface area contributed by atoms with Gasteiger partial charge < -0.3 is 20.3 Å². The van der Waals surface area contributed by atoms with Crippen LogP contribution in [0, 0.1) is 0 Å². The van der Waals surface area contributed by atoms with Crippen molar-refractivity contribution in [2.24, 2.45) is 0 Å². The molecule has 2 rings (SSSR count). The second-order valence-corrected chi connectivity index (χ2v) is 7.22. The fraction of sp³-hybridized carbons (Fsp3) is 0.318. The van der Waals surface area contributed by atoms with Gasteiger partial charge in [-0.3, -0.25) is 4.79 Å². The van der Waals surface area contributed by atoms with E-state index in [2.05, 4.69) is 5.32 Å². The van der Waals surface area contributed by atoms with Gasteiger partial charge in [-0.05, 0) is 30.3 Å². The van der Waals surface area contributed by atoms with Crippen LogP contribution >= 0.6 is 0 Å². The third kappa shape index (κ3) is 7.69. The molecule has 0 saturated carbocycles. The first-order valence-corrected chi connectivity index (χ1v) is 9.32. The van der Waals surface area contributed by atoms with Crippen LogP contribution in [0.1, 0.15) is 35.3 Å². The zero-order chi connectivity index (χ0) is 24.5. The number of rotatable bonds is 7. The molecule has 174 valence electrons. The predicted octanol–water partition coefficient (Wildman–Crippen LogP) is 3.63. The summed E-state index contributed by atoms with van der Waals surface area (Å²) in [5, 5.41) is 19.2. The van der Waals surface area contributed by atoms with Gasteiger partial charge in [0.05, 0.1) is 5.56 Å². The van der Waals surface area contributed by atoms with Crippen molar-refractivity contribution in [2.45, 2.75) is 38.1 Å². The molecule has 7 nitrogen and oxygen atoms in total. The van der Waals surface area contributed by atoms with Crippen LogP contribution in [0.4, 0.5) is 13.2 Å². The van der Waals surface area contributed by atoms with E-state index in [0.717, 1.165) is 11.1 Å². The molecule has 0 saturated heterocycles. The van der Waals surface area contributed by atoms with E-state index in [0.29, 0.717) is 0 Å². The van der Waals surface area contributed by atoms with Crippen molar-refractivity contribution in [3.05, 3.63) is 71.3 Å². The van der Waals surface area contributed by atoms with E-state index >= 15 is 0 Å². The Hall–Kier alpha value is -3.40. The summed E-state index contributed by atoms with van der Waals surface area (Å²) in [4.78, 5) is 32.5. The third-order valence-electron chi connectivity index (χ3n) is 4.59. The Morgan fingerprint density at radius 1 is 0.969 bits per heavy atom. The minimum atomic E-state index is -5.08. The standard InChI is InChI=1S/C20H23NO4.C2HF3O2/c1-20(2,16-11-9-15(10-12-16)18(22)23)17(21-3)19(24)25-13-14-7-5-4-6-8-14;3-2(4,5)1(6)7/h4-12,17,21H,13H2,1-3H3,(H,22,23);(H,6,7). The van der Waals surface area contributed by atoms with Crippen LogP contribution in [0.2, 0.25) is 0 Å². The molecular formula is C22H24F3NO6. The summed E-state index contributed by atoms with van der Waals surface area (Å²) in [7, 11) is 1.71. The topological polar surface area (TPSA) is 113 Å². The fourth-order valence-electron chi connectivity index (χ4n) is 2.79. The number of hydrogen-bond donors (Lipinski definition) is 3. The number of carbonyl (C=O) groups is 3. The molecular weight excluding hydrogens is 431 g/mol. The molecule has 2 aromatic rings. The number of carboxylic acids is 2.